The largest absolute Gasteiger partial charge is 0.387 e. The van der Waals surface area contributed by atoms with Gasteiger partial charge in [0.15, 0.2) is 6.10 Å². The first-order chi connectivity index (χ1) is 19.9. The lowest BCUT2D eigenvalue weighted by Crippen LogP contribution is -2.40. The van der Waals surface area contributed by atoms with E-state index in [1.165, 1.54) is 28.4 Å². The van der Waals surface area contributed by atoms with E-state index in [1.807, 2.05) is 5.38 Å². The Labute approximate surface area is 247 Å². The van der Waals surface area contributed by atoms with Crippen LogP contribution >= 0.6 is 22.9 Å². The number of thiazole rings is 1. The number of hydrogen-bond donors (Lipinski definition) is 0. The summed E-state index contributed by atoms with van der Waals surface area (Å²) in [5.41, 5.74) is 0.0873. The Bertz CT molecular complexity index is 1610. The van der Waals surface area contributed by atoms with Gasteiger partial charge in [0.1, 0.15) is 29.4 Å². The Morgan fingerprint density at radius 2 is 1.93 bits per heavy atom. The number of nitrogens with zero attached hydrogens (tertiary/aromatic N) is 5. The van der Waals surface area contributed by atoms with Gasteiger partial charge in [-0.2, -0.15) is 13.5 Å². The van der Waals surface area contributed by atoms with Crippen molar-refractivity contribution in [3.05, 3.63) is 62.3 Å². The molecule has 0 saturated carbocycles. The fourth-order valence-corrected chi connectivity index (χ4v) is 6.44. The third-order valence-electron chi connectivity index (χ3n) is 6.81. The Morgan fingerprint density at radius 1 is 1.19 bits per heavy atom. The van der Waals surface area contributed by atoms with E-state index >= 15 is 0 Å². The van der Waals surface area contributed by atoms with Crippen LogP contribution in [-0.2, 0) is 26.3 Å². The quantitative estimate of drug-likeness (QED) is 0.223. The number of amides is 1. The topological polar surface area (TPSA) is 116 Å². The molecule has 1 amide bonds. The lowest BCUT2D eigenvalue weighted by atomic mass is 9.97. The Hall–Kier alpha value is -3.24. The minimum Gasteiger partial charge on any atom is -0.387 e. The zero-order valence-electron chi connectivity index (χ0n) is 21.9. The van der Waals surface area contributed by atoms with Crippen molar-refractivity contribution < 1.29 is 39.8 Å². The molecule has 5 rings (SSSR count). The zero-order chi connectivity index (χ0) is 30.2. The summed E-state index contributed by atoms with van der Waals surface area (Å²) in [5, 5.41) is 10.7. The van der Waals surface area contributed by atoms with Crippen LogP contribution in [0.2, 0.25) is 5.02 Å². The van der Waals surface area contributed by atoms with Gasteiger partial charge in [0.2, 0.25) is 5.91 Å². The summed E-state index contributed by atoms with van der Waals surface area (Å²) in [4.78, 5) is 24.5. The number of hydrogen-bond acceptors (Lipinski definition) is 9. The molecule has 2 aliphatic rings. The second-order valence-electron chi connectivity index (χ2n) is 9.78. The van der Waals surface area contributed by atoms with Crippen LogP contribution in [0.1, 0.15) is 71.8 Å². The van der Waals surface area contributed by atoms with Gasteiger partial charge < -0.3 is 13.9 Å². The molecule has 0 radical (unpaired) electrons. The normalized spacial score (nSPS) is 18.0. The highest BCUT2D eigenvalue weighted by atomic mass is 35.5. The van der Waals surface area contributed by atoms with Crippen LogP contribution in [0.4, 0.5) is 17.6 Å². The Morgan fingerprint density at radius 3 is 2.60 bits per heavy atom. The highest BCUT2D eigenvalue weighted by molar-refractivity contribution is 7.86. The fraction of sp³-hybridized carbons (Fsp3) is 0.440. The van der Waals surface area contributed by atoms with Gasteiger partial charge >= 0.3 is 10.1 Å². The Balaban J connectivity index is 1.19. The summed E-state index contributed by atoms with van der Waals surface area (Å²) in [6, 6.07) is 5.14. The number of alkyl halides is 4. The van der Waals surface area contributed by atoms with Gasteiger partial charge in [-0.15, -0.1) is 11.3 Å². The smallest absolute Gasteiger partial charge is 0.306 e. The van der Waals surface area contributed by atoms with Crippen molar-refractivity contribution in [2.24, 2.45) is 5.16 Å². The van der Waals surface area contributed by atoms with Crippen LogP contribution in [0.3, 0.4) is 0 Å². The summed E-state index contributed by atoms with van der Waals surface area (Å²) < 4.78 is 81.5. The zero-order valence-corrected chi connectivity index (χ0v) is 24.3. The molecule has 0 N–H and O–H groups in total. The van der Waals surface area contributed by atoms with E-state index in [-0.39, 0.29) is 11.7 Å². The van der Waals surface area contributed by atoms with Gasteiger partial charge in [-0.3, -0.25) is 9.48 Å². The van der Waals surface area contributed by atoms with Crippen molar-refractivity contribution in [1.29, 1.82) is 0 Å². The summed E-state index contributed by atoms with van der Waals surface area (Å²) in [7, 11) is -3.78. The van der Waals surface area contributed by atoms with Crippen molar-refractivity contribution in [2.75, 3.05) is 19.3 Å². The van der Waals surface area contributed by atoms with E-state index < -0.39 is 52.9 Å². The van der Waals surface area contributed by atoms with Crippen LogP contribution in [0.15, 0.2) is 34.8 Å². The molecule has 4 heterocycles. The summed E-state index contributed by atoms with van der Waals surface area (Å²) >= 11 is 7.55. The maximum Gasteiger partial charge on any atom is 0.306 e. The molecule has 10 nitrogen and oxygen atoms in total. The van der Waals surface area contributed by atoms with Gasteiger partial charge in [-0.05, 0) is 37.1 Å². The molecule has 0 spiro atoms. The standard InChI is InChI=1S/C25H24ClF4N5O5S2/c1-42(37,38)40-20-3-2-14(26)8-15(20)21-10-16(33-39-21)18-12-41-25(31-18)13-4-6-34(7-5-13)22(36)11-35-19(24(29)30)9-17(32-35)23(27)28/h2-3,8-9,12-13,21,23-24H,4-7,10-11H2,1H3. The van der Waals surface area contributed by atoms with Crippen molar-refractivity contribution in [2.45, 2.75) is 50.7 Å². The average molecular weight is 650 g/mol. The lowest BCUT2D eigenvalue weighted by Gasteiger charge is -2.31. The highest BCUT2D eigenvalue weighted by Crippen LogP contribution is 2.38. The van der Waals surface area contributed by atoms with Gasteiger partial charge in [-0.25, -0.2) is 22.5 Å². The molecule has 0 bridgehead atoms. The number of carbonyl (C=O) groups excluding carboxylic acids is 1. The van der Waals surface area contributed by atoms with Gasteiger partial charge in [0.25, 0.3) is 12.9 Å². The van der Waals surface area contributed by atoms with E-state index in [1.54, 1.807) is 6.07 Å². The number of aromatic nitrogens is 3. The number of rotatable bonds is 9. The molecular formula is C25H24ClF4N5O5S2. The minimum absolute atomic E-state index is 0.0426. The molecule has 1 unspecified atom stereocenters. The molecule has 226 valence electrons. The molecule has 2 aromatic heterocycles. The first-order valence-electron chi connectivity index (χ1n) is 12.7. The van der Waals surface area contributed by atoms with Crippen LogP contribution < -0.4 is 4.18 Å². The first kappa shape index (κ1) is 30.2. The third-order valence-corrected chi connectivity index (χ3v) is 8.53. The second kappa shape index (κ2) is 12.2. The van der Waals surface area contributed by atoms with Crippen molar-refractivity contribution in [1.82, 2.24) is 19.7 Å². The van der Waals surface area contributed by atoms with E-state index in [4.69, 9.17) is 25.6 Å². The molecular weight excluding hydrogens is 626 g/mol. The average Bonchev–Trinajstić information content (AvgIpc) is 3.69. The van der Waals surface area contributed by atoms with Gasteiger partial charge in [0.05, 0.1) is 17.0 Å². The maximum atomic E-state index is 13.3. The summed E-state index contributed by atoms with van der Waals surface area (Å²) in [6.07, 6.45) is -4.31. The number of piperidine rings is 1. The van der Waals surface area contributed by atoms with Crippen molar-refractivity contribution in [3.63, 3.8) is 0 Å². The molecule has 1 atom stereocenters. The van der Waals surface area contributed by atoms with E-state index in [2.05, 4.69) is 10.3 Å². The number of halogens is 5. The fourth-order valence-electron chi connectivity index (χ4n) is 4.78. The molecule has 2 aliphatic heterocycles. The molecule has 17 heteroatoms. The lowest BCUT2D eigenvalue weighted by molar-refractivity contribution is -0.133. The highest BCUT2D eigenvalue weighted by Gasteiger charge is 2.31. The second-order valence-corrected chi connectivity index (χ2v) is 12.7. The van der Waals surface area contributed by atoms with Crippen molar-refractivity contribution >= 4 is 44.7 Å². The van der Waals surface area contributed by atoms with Crippen molar-refractivity contribution in [3.8, 4) is 5.75 Å². The van der Waals surface area contributed by atoms with E-state index in [9.17, 15) is 30.8 Å². The summed E-state index contributed by atoms with van der Waals surface area (Å²) in [6.45, 7) is 0.133. The number of oxime groups is 1. The van der Waals surface area contributed by atoms with Crippen LogP contribution in [0.5, 0.6) is 5.75 Å². The van der Waals surface area contributed by atoms with Crippen LogP contribution in [-0.4, -0.2) is 59.0 Å². The predicted octanol–water partition coefficient (Wildman–Crippen LogP) is 5.48. The molecule has 42 heavy (non-hydrogen) atoms. The molecule has 0 aliphatic carbocycles. The first-order valence-corrected chi connectivity index (χ1v) is 15.7. The maximum absolute atomic E-state index is 13.3. The number of benzene rings is 1. The third kappa shape index (κ3) is 6.86. The van der Waals surface area contributed by atoms with Crippen LogP contribution in [0, 0.1) is 0 Å². The summed E-state index contributed by atoms with van der Waals surface area (Å²) in [5.74, 6) is -0.347. The molecule has 1 aromatic carbocycles. The predicted molar refractivity (Wildman–Crippen MR) is 145 cm³/mol. The number of carbonyl (C=O) groups is 1. The van der Waals surface area contributed by atoms with Crippen LogP contribution in [0.25, 0.3) is 0 Å². The van der Waals surface area contributed by atoms with Gasteiger partial charge in [0, 0.05) is 41.4 Å². The molecule has 1 fully saturated rings. The van der Waals surface area contributed by atoms with E-state index in [0.29, 0.717) is 65.1 Å². The molecule has 3 aromatic rings. The van der Waals surface area contributed by atoms with Gasteiger partial charge in [-0.1, -0.05) is 16.8 Å². The Kier molecular flexibility index (Phi) is 8.76. The minimum atomic E-state index is -3.78. The molecule has 1 saturated heterocycles. The monoisotopic (exact) mass is 649 g/mol. The van der Waals surface area contributed by atoms with E-state index in [0.717, 1.165) is 11.3 Å². The number of likely N-dealkylation sites (tertiary alicyclic amines) is 1. The SMILES string of the molecule is CS(=O)(=O)Oc1ccc(Cl)cc1C1CC(c2csc(C3CCN(C(=O)Cn4nc(C(F)F)cc4C(F)F)CC3)n2)=NO1.